The molecule has 0 bridgehead atoms. The van der Waals surface area contributed by atoms with Gasteiger partial charge in [-0.1, -0.05) is 37.3 Å². The van der Waals surface area contributed by atoms with Gasteiger partial charge in [0.05, 0.1) is 13.2 Å². The van der Waals surface area contributed by atoms with Crippen LogP contribution in [0.4, 0.5) is 0 Å². The fourth-order valence-corrected chi connectivity index (χ4v) is 3.13. The summed E-state index contributed by atoms with van der Waals surface area (Å²) in [6, 6.07) is 7.43. The van der Waals surface area contributed by atoms with E-state index in [0.717, 1.165) is 17.7 Å². The predicted octanol–water partition coefficient (Wildman–Crippen LogP) is 3.72. The second-order valence-electron chi connectivity index (χ2n) is 6.03. The summed E-state index contributed by atoms with van der Waals surface area (Å²) in [5.41, 5.74) is 7.15. The zero-order valence-electron chi connectivity index (χ0n) is 13.0. The molecule has 0 spiro atoms. The maximum atomic E-state index is 6.25. The summed E-state index contributed by atoms with van der Waals surface area (Å²) in [4.78, 5) is 4.46. The Morgan fingerprint density at radius 3 is 2.64 bits per heavy atom. The van der Waals surface area contributed by atoms with E-state index in [1.54, 1.807) is 7.11 Å². The third-order valence-electron chi connectivity index (χ3n) is 4.42. The summed E-state index contributed by atoms with van der Waals surface area (Å²) in [5.74, 6) is 2.62. The number of hydrogen-bond donors (Lipinski definition) is 1. The minimum atomic E-state index is -0.164. The van der Waals surface area contributed by atoms with E-state index in [-0.39, 0.29) is 6.04 Å². The van der Waals surface area contributed by atoms with Gasteiger partial charge in [-0.05, 0) is 36.6 Å². The van der Waals surface area contributed by atoms with Crippen molar-refractivity contribution in [3.8, 4) is 17.1 Å². The largest absolute Gasteiger partial charge is 0.497 e. The Balaban J connectivity index is 1.66. The first-order valence-corrected chi connectivity index (χ1v) is 8.00. The molecule has 1 aromatic carbocycles. The molecule has 5 heteroatoms. The van der Waals surface area contributed by atoms with Crippen molar-refractivity contribution in [2.75, 3.05) is 7.11 Å². The van der Waals surface area contributed by atoms with E-state index in [1.165, 1.54) is 32.1 Å². The number of benzene rings is 1. The lowest BCUT2D eigenvalue weighted by molar-refractivity contribution is 0.284. The van der Waals surface area contributed by atoms with Crippen LogP contribution in [0.3, 0.4) is 0 Å². The van der Waals surface area contributed by atoms with Gasteiger partial charge in [0.15, 0.2) is 0 Å². The molecule has 1 atom stereocenters. The van der Waals surface area contributed by atoms with Gasteiger partial charge in [0.2, 0.25) is 11.7 Å². The fraction of sp³-hybridized carbons (Fsp3) is 0.529. The highest BCUT2D eigenvalue weighted by Crippen LogP contribution is 2.31. The van der Waals surface area contributed by atoms with Crippen LogP contribution in [-0.4, -0.2) is 17.3 Å². The number of nitrogens with zero attached hydrogens (tertiary/aromatic N) is 2. The predicted molar refractivity (Wildman–Crippen MR) is 84.4 cm³/mol. The third kappa shape index (κ3) is 3.47. The molecule has 1 heterocycles. The van der Waals surface area contributed by atoms with E-state index in [0.29, 0.717) is 17.6 Å². The number of aromatic nitrogens is 2. The van der Waals surface area contributed by atoms with Crippen LogP contribution in [-0.2, 0) is 0 Å². The highest BCUT2D eigenvalue weighted by Gasteiger charge is 2.22. The van der Waals surface area contributed by atoms with Gasteiger partial charge in [-0.15, -0.1) is 0 Å². The minimum absolute atomic E-state index is 0.164. The average molecular weight is 301 g/mol. The first kappa shape index (κ1) is 15.0. The quantitative estimate of drug-likeness (QED) is 0.911. The Hall–Kier alpha value is -1.88. The first-order chi connectivity index (χ1) is 10.8. The molecule has 1 fully saturated rings. The third-order valence-corrected chi connectivity index (χ3v) is 4.42. The summed E-state index contributed by atoms with van der Waals surface area (Å²) in [5, 5.41) is 4.05. The van der Waals surface area contributed by atoms with Crippen molar-refractivity contribution >= 4 is 0 Å². The Bertz CT molecular complexity index is 588. The summed E-state index contributed by atoms with van der Waals surface area (Å²) in [7, 11) is 1.64. The van der Waals surface area contributed by atoms with Crippen LogP contribution in [0, 0.1) is 5.92 Å². The molecule has 1 saturated carbocycles. The highest BCUT2D eigenvalue weighted by molar-refractivity contribution is 5.55. The Kier molecular flexibility index (Phi) is 4.73. The maximum Gasteiger partial charge on any atom is 0.243 e. The molecule has 5 nitrogen and oxygen atoms in total. The smallest absolute Gasteiger partial charge is 0.243 e. The topological polar surface area (TPSA) is 74.2 Å². The molecule has 0 aliphatic heterocycles. The van der Waals surface area contributed by atoms with Crippen LogP contribution in [0.1, 0.15) is 50.5 Å². The molecular weight excluding hydrogens is 278 g/mol. The molecule has 118 valence electrons. The molecule has 1 aliphatic rings. The molecule has 1 aromatic heterocycles. The number of rotatable bonds is 5. The van der Waals surface area contributed by atoms with Gasteiger partial charge < -0.3 is 15.0 Å². The van der Waals surface area contributed by atoms with E-state index < -0.39 is 0 Å². The summed E-state index contributed by atoms with van der Waals surface area (Å²) in [6.07, 6.45) is 7.47. The molecule has 2 aromatic rings. The molecule has 2 N–H and O–H groups in total. The number of ether oxygens (including phenoxy) is 1. The van der Waals surface area contributed by atoms with E-state index in [1.807, 2.05) is 24.3 Å². The highest BCUT2D eigenvalue weighted by atomic mass is 16.5. The van der Waals surface area contributed by atoms with E-state index in [9.17, 15) is 0 Å². The zero-order chi connectivity index (χ0) is 15.4. The van der Waals surface area contributed by atoms with Crippen molar-refractivity contribution in [3.05, 3.63) is 30.2 Å². The van der Waals surface area contributed by atoms with Crippen molar-refractivity contribution in [2.24, 2.45) is 11.7 Å². The fourth-order valence-electron chi connectivity index (χ4n) is 3.13. The van der Waals surface area contributed by atoms with Crippen LogP contribution in [0.15, 0.2) is 28.8 Å². The average Bonchev–Trinajstić information content (AvgIpc) is 3.06. The van der Waals surface area contributed by atoms with Crippen molar-refractivity contribution in [2.45, 2.75) is 44.6 Å². The molecular formula is C17H23N3O2. The van der Waals surface area contributed by atoms with Crippen LogP contribution >= 0.6 is 0 Å². The first-order valence-electron chi connectivity index (χ1n) is 8.00. The van der Waals surface area contributed by atoms with Crippen molar-refractivity contribution < 1.29 is 9.26 Å². The Morgan fingerprint density at radius 2 is 1.95 bits per heavy atom. The van der Waals surface area contributed by atoms with Crippen molar-refractivity contribution in [1.82, 2.24) is 10.1 Å². The van der Waals surface area contributed by atoms with Gasteiger partial charge >= 0.3 is 0 Å². The van der Waals surface area contributed by atoms with E-state index >= 15 is 0 Å². The van der Waals surface area contributed by atoms with Crippen LogP contribution in [0.5, 0.6) is 5.75 Å². The molecule has 0 radical (unpaired) electrons. The summed E-state index contributed by atoms with van der Waals surface area (Å²) >= 11 is 0. The van der Waals surface area contributed by atoms with Crippen LogP contribution < -0.4 is 10.5 Å². The second-order valence-corrected chi connectivity index (χ2v) is 6.03. The molecule has 0 saturated heterocycles. The molecule has 1 aliphatic carbocycles. The lowest BCUT2D eigenvalue weighted by atomic mass is 9.85. The van der Waals surface area contributed by atoms with Gasteiger partial charge in [-0.2, -0.15) is 4.98 Å². The SMILES string of the molecule is COc1ccc(-c2noc(C(N)CC3CCCCC3)n2)cc1. The molecule has 1 unspecified atom stereocenters. The van der Waals surface area contributed by atoms with Crippen molar-refractivity contribution in [3.63, 3.8) is 0 Å². The van der Waals surface area contributed by atoms with Gasteiger partial charge in [0.1, 0.15) is 5.75 Å². The van der Waals surface area contributed by atoms with Gasteiger partial charge in [0.25, 0.3) is 0 Å². The van der Waals surface area contributed by atoms with Gasteiger partial charge in [0, 0.05) is 5.56 Å². The summed E-state index contributed by atoms with van der Waals surface area (Å²) < 4.78 is 10.5. The number of nitrogens with two attached hydrogens (primary N) is 1. The number of methoxy groups -OCH3 is 1. The van der Waals surface area contributed by atoms with Gasteiger partial charge in [-0.25, -0.2) is 0 Å². The maximum absolute atomic E-state index is 6.25. The van der Waals surface area contributed by atoms with Gasteiger partial charge in [-0.3, -0.25) is 0 Å². The van der Waals surface area contributed by atoms with E-state index in [2.05, 4.69) is 10.1 Å². The standard InChI is InChI=1S/C17H23N3O2/c1-21-14-9-7-13(8-10-14)16-19-17(22-20-16)15(18)11-12-5-3-2-4-6-12/h7-10,12,15H,2-6,11,18H2,1H3. The summed E-state index contributed by atoms with van der Waals surface area (Å²) in [6.45, 7) is 0. The Morgan fingerprint density at radius 1 is 1.23 bits per heavy atom. The zero-order valence-corrected chi connectivity index (χ0v) is 13.0. The van der Waals surface area contributed by atoms with E-state index in [4.69, 9.17) is 15.0 Å². The van der Waals surface area contributed by atoms with Crippen LogP contribution in [0.25, 0.3) is 11.4 Å². The monoisotopic (exact) mass is 301 g/mol. The number of hydrogen-bond acceptors (Lipinski definition) is 5. The normalized spacial score (nSPS) is 17.4. The lowest BCUT2D eigenvalue weighted by Crippen LogP contribution is -2.17. The molecule has 22 heavy (non-hydrogen) atoms. The minimum Gasteiger partial charge on any atom is -0.497 e. The van der Waals surface area contributed by atoms with Crippen LogP contribution in [0.2, 0.25) is 0 Å². The van der Waals surface area contributed by atoms with Crippen molar-refractivity contribution in [1.29, 1.82) is 0 Å². The molecule has 0 amide bonds. The molecule has 3 rings (SSSR count). The second kappa shape index (κ2) is 6.92. The Labute approximate surface area is 130 Å². The lowest BCUT2D eigenvalue weighted by Gasteiger charge is -2.22.